The Morgan fingerprint density at radius 3 is 2.69 bits per heavy atom. The van der Waals surface area contributed by atoms with Gasteiger partial charge in [-0.2, -0.15) is 5.10 Å². The third kappa shape index (κ3) is 3.31. The van der Waals surface area contributed by atoms with Crippen LogP contribution in [0.2, 0.25) is 0 Å². The number of carbonyl (C=O) groups excluding carboxylic acids is 1. The average molecular weight is 370 g/mol. The van der Waals surface area contributed by atoms with Gasteiger partial charge in [0.05, 0.1) is 22.0 Å². The van der Waals surface area contributed by atoms with Crippen molar-refractivity contribution in [3.63, 3.8) is 0 Å². The molecule has 8 heteroatoms. The van der Waals surface area contributed by atoms with Gasteiger partial charge < -0.3 is 5.32 Å². The number of carbonyl (C=O) groups is 1. The summed E-state index contributed by atoms with van der Waals surface area (Å²) in [6.45, 7) is 0.0137. The van der Waals surface area contributed by atoms with Crippen LogP contribution in [0, 0.1) is 11.6 Å². The molecule has 2 heterocycles. The van der Waals surface area contributed by atoms with Crippen LogP contribution >= 0.6 is 11.3 Å². The molecule has 4 aromatic rings. The van der Waals surface area contributed by atoms with Gasteiger partial charge in [0.25, 0.3) is 5.91 Å². The summed E-state index contributed by atoms with van der Waals surface area (Å²) in [5.41, 5.74) is 1.54. The van der Waals surface area contributed by atoms with Crippen molar-refractivity contribution in [3.8, 4) is 5.13 Å². The molecule has 0 unspecified atom stereocenters. The molecule has 0 bridgehead atoms. The van der Waals surface area contributed by atoms with Crippen LogP contribution in [0.15, 0.2) is 54.9 Å². The number of thiazole rings is 1. The van der Waals surface area contributed by atoms with Crippen LogP contribution in [-0.2, 0) is 6.54 Å². The first-order chi connectivity index (χ1) is 12.6. The summed E-state index contributed by atoms with van der Waals surface area (Å²) < 4.78 is 28.9. The van der Waals surface area contributed by atoms with E-state index < -0.39 is 11.6 Å². The average Bonchev–Trinajstić information content (AvgIpc) is 3.25. The normalized spacial score (nSPS) is 11.0. The number of rotatable bonds is 4. The zero-order valence-corrected chi connectivity index (χ0v) is 14.1. The highest BCUT2D eigenvalue weighted by Gasteiger charge is 2.12. The second-order valence-electron chi connectivity index (χ2n) is 5.60. The Kier molecular flexibility index (Phi) is 4.18. The predicted molar refractivity (Wildman–Crippen MR) is 94.3 cm³/mol. The molecule has 0 fully saturated rings. The molecule has 130 valence electrons. The Hall–Kier alpha value is -3.13. The highest BCUT2D eigenvalue weighted by molar-refractivity contribution is 7.20. The monoisotopic (exact) mass is 370 g/mol. The van der Waals surface area contributed by atoms with Gasteiger partial charge in [-0.3, -0.25) is 4.79 Å². The first-order valence-corrected chi connectivity index (χ1v) is 8.54. The van der Waals surface area contributed by atoms with E-state index >= 15 is 0 Å². The molecule has 2 aromatic heterocycles. The second kappa shape index (κ2) is 6.64. The van der Waals surface area contributed by atoms with Gasteiger partial charge in [-0.1, -0.05) is 23.5 Å². The van der Waals surface area contributed by atoms with Crippen molar-refractivity contribution in [2.75, 3.05) is 0 Å². The van der Waals surface area contributed by atoms with Crippen molar-refractivity contribution >= 4 is 27.5 Å². The van der Waals surface area contributed by atoms with Crippen molar-refractivity contribution in [1.29, 1.82) is 0 Å². The smallest absolute Gasteiger partial charge is 0.254 e. The summed E-state index contributed by atoms with van der Waals surface area (Å²) in [7, 11) is 0. The minimum Gasteiger partial charge on any atom is -0.348 e. The zero-order valence-electron chi connectivity index (χ0n) is 13.3. The number of para-hydroxylation sites is 1. The van der Waals surface area contributed by atoms with E-state index in [9.17, 15) is 13.6 Å². The fourth-order valence-corrected chi connectivity index (χ4v) is 3.40. The van der Waals surface area contributed by atoms with Gasteiger partial charge >= 0.3 is 0 Å². The van der Waals surface area contributed by atoms with Gasteiger partial charge in [0.2, 0.25) is 5.13 Å². The maximum absolute atomic E-state index is 13.2. The lowest BCUT2D eigenvalue weighted by atomic mass is 10.2. The molecule has 0 radical (unpaired) electrons. The summed E-state index contributed by atoms with van der Waals surface area (Å²) in [5.74, 6) is -1.75. The molecule has 0 aliphatic heterocycles. The number of nitrogens with zero attached hydrogens (tertiary/aromatic N) is 3. The first kappa shape index (κ1) is 16.3. The lowest BCUT2D eigenvalue weighted by Gasteiger charge is -2.04. The largest absolute Gasteiger partial charge is 0.348 e. The quantitative estimate of drug-likeness (QED) is 0.596. The number of aromatic nitrogens is 3. The van der Waals surface area contributed by atoms with Gasteiger partial charge in [0.1, 0.15) is 11.6 Å². The van der Waals surface area contributed by atoms with Gasteiger partial charge in [0, 0.05) is 18.8 Å². The minimum atomic E-state index is -0.682. The van der Waals surface area contributed by atoms with Crippen molar-refractivity contribution in [1.82, 2.24) is 20.1 Å². The molecule has 0 saturated heterocycles. The maximum atomic E-state index is 13.2. The number of hydrogen-bond donors (Lipinski definition) is 1. The number of hydrogen-bond acceptors (Lipinski definition) is 4. The molecule has 5 nitrogen and oxygen atoms in total. The Morgan fingerprint density at radius 2 is 1.92 bits per heavy atom. The van der Waals surface area contributed by atoms with E-state index in [2.05, 4.69) is 15.4 Å². The highest BCUT2D eigenvalue weighted by atomic mass is 32.1. The third-order valence-electron chi connectivity index (χ3n) is 3.70. The Morgan fingerprint density at radius 1 is 1.15 bits per heavy atom. The lowest BCUT2D eigenvalue weighted by Crippen LogP contribution is -2.22. The van der Waals surface area contributed by atoms with E-state index in [-0.39, 0.29) is 12.5 Å². The first-order valence-electron chi connectivity index (χ1n) is 7.72. The molecule has 2 aromatic carbocycles. The van der Waals surface area contributed by atoms with Crippen LogP contribution < -0.4 is 5.32 Å². The van der Waals surface area contributed by atoms with E-state index in [1.807, 2.05) is 24.3 Å². The Bertz CT molecular complexity index is 1050. The molecule has 1 amide bonds. The van der Waals surface area contributed by atoms with Gasteiger partial charge in [0.15, 0.2) is 0 Å². The van der Waals surface area contributed by atoms with Crippen molar-refractivity contribution in [2.24, 2.45) is 0 Å². The molecule has 4 rings (SSSR count). The van der Waals surface area contributed by atoms with Gasteiger partial charge in [-0.25, -0.2) is 18.4 Å². The van der Waals surface area contributed by atoms with E-state index in [4.69, 9.17) is 0 Å². The minimum absolute atomic E-state index is 0.0137. The van der Waals surface area contributed by atoms with Crippen LogP contribution in [0.3, 0.4) is 0 Å². The topological polar surface area (TPSA) is 59.8 Å². The van der Waals surface area contributed by atoms with Gasteiger partial charge in [-0.15, -0.1) is 0 Å². The molecule has 26 heavy (non-hydrogen) atoms. The molecule has 0 spiro atoms. The number of halogens is 2. The third-order valence-corrected chi connectivity index (χ3v) is 4.72. The Balaban J connectivity index is 1.49. The second-order valence-corrected chi connectivity index (χ2v) is 6.61. The van der Waals surface area contributed by atoms with Crippen LogP contribution in [0.25, 0.3) is 15.3 Å². The molecular weight excluding hydrogens is 358 g/mol. The highest BCUT2D eigenvalue weighted by Crippen LogP contribution is 2.24. The summed E-state index contributed by atoms with van der Waals surface area (Å²) in [6.07, 6.45) is 2.99. The molecule has 0 atom stereocenters. The predicted octanol–water partition coefficient (Wildman–Crippen LogP) is 3.69. The van der Waals surface area contributed by atoms with Gasteiger partial charge in [-0.05, 0) is 29.8 Å². The standard InChI is InChI=1S/C18H12F2N4OS/c19-13-5-11(6-14(20)7-13)8-21-17(25)12-9-22-24(10-12)18-23-15-3-1-2-4-16(15)26-18/h1-7,9-10H,8H2,(H,21,25). The van der Waals surface area contributed by atoms with Crippen molar-refractivity contribution in [2.45, 2.75) is 6.54 Å². The SMILES string of the molecule is O=C(NCc1cc(F)cc(F)c1)c1cnn(-c2nc3ccccc3s2)c1. The lowest BCUT2D eigenvalue weighted by molar-refractivity contribution is 0.0950. The molecule has 1 N–H and O–H groups in total. The summed E-state index contributed by atoms with van der Waals surface area (Å²) in [4.78, 5) is 16.7. The fraction of sp³-hybridized carbons (Fsp3) is 0.0556. The van der Waals surface area contributed by atoms with Crippen LogP contribution in [0.5, 0.6) is 0 Å². The van der Waals surface area contributed by atoms with Crippen LogP contribution in [0.1, 0.15) is 15.9 Å². The van der Waals surface area contributed by atoms with E-state index in [1.54, 1.807) is 6.20 Å². The molecular formula is C18H12F2N4OS. The van der Waals surface area contributed by atoms with Crippen molar-refractivity contribution < 1.29 is 13.6 Å². The van der Waals surface area contributed by atoms with E-state index in [1.165, 1.54) is 34.3 Å². The number of nitrogens with one attached hydrogen (secondary N) is 1. The molecule has 0 saturated carbocycles. The zero-order chi connectivity index (χ0) is 18.1. The van der Waals surface area contributed by atoms with Crippen LogP contribution in [-0.4, -0.2) is 20.7 Å². The number of amides is 1. The van der Waals surface area contributed by atoms with Crippen LogP contribution in [0.4, 0.5) is 8.78 Å². The Labute approximate surface area is 150 Å². The summed E-state index contributed by atoms with van der Waals surface area (Å²) in [6, 6.07) is 10.8. The fourth-order valence-electron chi connectivity index (χ4n) is 2.50. The molecule has 0 aliphatic carbocycles. The van der Waals surface area contributed by atoms with Crippen molar-refractivity contribution in [3.05, 3.63) is 77.6 Å². The number of fused-ring (bicyclic) bond motifs is 1. The number of benzene rings is 2. The maximum Gasteiger partial charge on any atom is 0.254 e. The summed E-state index contributed by atoms with van der Waals surface area (Å²) in [5, 5.41) is 7.44. The van der Waals surface area contributed by atoms with E-state index in [0.717, 1.165) is 16.3 Å². The van der Waals surface area contributed by atoms with E-state index in [0.29, 0.717) is 16.3 Å². The summed E-state index contributed by atoms with van der Waals surface area (Å²) >= 11 is 1.46. The molecule has 0 aliphatic rings.